The van der Waals surface area contributed by atoms with Crippen molar-refractivity contribution in [2.24, 2.45) is 0 Å². The van der Waals surface area contributed by atoms with E-state index in [0.29, 0.717) is 22.6 Å². The number of hydrogen-bond acceptors (Lipinski definition) is 6. The van der Waals surface area contributed by atoms with Gasteiger partial charge in [0.2, 0.25) is 0 Å². The third-order valence-electron chi connectivity index (χ3n) is 20.3. The fourth-order valence-corrected chi connectivity index (χ4v) is 16.5. The van der Waals surface area contributed by atoms with Crippen molar-refractivity contribution < 1.29 is 4.74 Å². The molecule has 8 aromatic heterocycles. The van der Waals surface area contributed by atoms with E-state index in [4.69, 9.17) is 19.7 Å². The van der Waals surface area contributed by atoms with Crippen LogP contribution < -0.4 is 4.74 Å². The van der Waals surface area contributed by atoms with Crippen LogP contribution >= 0.6 is 0 Å². The Morgan fingerprint density at radius 3 is 1.05 bits per heavy atom. The molecule has 0 atom stereocenters. The van der Waals surface area contributed by atoms with Crippen molar-refractivity contribution in [1.82, 2.24) is 37.8 Å². The van der Waals surface area contributed by atoms with Gasteiger partial charge in [0, 0.05) is 112 Å². The molecule has 0 radical (unpaired) electrons. The van der Waals surface area contributed by atoms with Gasteiger partial charge >= 0.3 is 0 Å². The average molecular weight is 1210 g/mol. The van der Waals surface area contributed by atoms with Crippen LogP contribution in [0.15, 0.2) is 280 Å². The Hall–Kier alpha value is -13.4. The highest BCUT2D eigenvalue weighted by Crippen LogP contribution is 2.63. The third-order valence-corrected chi connectivity index (χ3v) is 20.3. The van der Waals surface area contributed by atoms with E-state index < -0.39 is 5.41 Å². The van der Waals surface area contributed by atoms with Gasteiger partial charge in [-0.2, -0.15) is 10.5 Å². The zero-order chi connectivity index (χ0) is 62.4. The van der Waals surface area contributed by atoms with E-state index in [0.717, 1.165) is 171 Å². The minimum absolute atomic E-state index is 0.600. The molecular formula is C84H46N10O. The lowest BCUT2D eigenvalue weighted by Gasteiger charge is -2.39. The molecule has 0 bridgehead atoms. The smallest absolute Gasteiger partial charge is 0.134 e. The number of hydrogen-bond donors (Lipinski definition) is 0. The van der Waals surface area contributed by atoms with Crippen LogP contribution in [0.4, 0.5) is 0 Å². The summed E-state index contributed by atoms with van der Waals surface area (Å²) >= 11 is 0. The molecule has 0 saturated heterocycles. The highest BCUT2D eigenvalue weighted by atomic mass is 16.5. The summed E-state index contributed by atoms with van der Waals surface area (Å²) < 4.78 is 19.3. The quantitative estimate of drug-likeness (QED) is 0.169. The molecule has 11 aromatic carbocycles. The summed E-state index contributed by atoms with van der Waals surface area (Å²) in [4.78, 5) is 16.0. The van der Waals surface area contributed by atoms with Crippen LogP contribution in [0.25, 0.3) is 149 Å². The SMILES string of the molecule is N#Cc1ccc2c(c1)c1ccccc1n2-c1ccc2c(c1)Oc1cc(-n3c4ccc(-n5c6ccccc6c6cc(C#N)ccc65)cc4c4ccncc43)ccc1C21c2cc(-n3c4ccccc4c4ccccc43)cnc2-c2ncc(-n3c4ccccc4c4ccccc43)cc21. The Kier molecular flexibility index (Phi) is 10.2. The number of benzene rings is 11. The van der Waals surface area contributed by atoms with Gasteiger partial charge in [-0.15, -0.1) is 0 Å². The Labute approximate surface area is 540 Å². The van der Waals surface area contributed by atoms with E-state index in [1.807, 2.05) is 49.1 Å². The Morgan fingerprint density at radius 1 is 0.284 bits per heavy atom. The first-order chi connectivity index (χ1) is 47.0. The maximum atomic E-state index is 10.2. The highest BCUT2D eigenvalue weighted by Gasteiger charge is 2.53. The van der Waals surface area contributed by atoms with Crippen LogP contribution in [-0.2, 0) is 5.41 Å². The zero-order valence-corrected chi connectivity index (χ0v) is 50.4. The van der Waals surface area contributed by atoms with Gasteiger partial charge in [-0.1, -0.05) is 121 Å². The van der Waals surface area contributed by atoms with E-state index in [1.165, 1.54) is 0 Å². The maximum absolute atomic E-state index is 10.2. The van der Waals surface area contributed by atoms with Crippen molar-refractivity contribution in [3.8, 4) is 63.5 Å². The van der Waals surface area contributed by atoms with Gasteiger partial charge in [-0.3, -0.25) is 15.0 Å². The van der Waals surface area contributed by atoms with Crippen LogP contribution in [0.2, 0.25) is 0 Å². The normalized spacial score (nSPS) is 13.0. The lowest BCUT2D eigenvalue weighted by Crippen LogP contribution is -2.32. The summed E-state index contributed by atoms with van der Waals surface area (Å²) in [7, 11) is 0. The summed E-state index contributed by atoms with van der Waals surface area (Å²) in [6.45, 7) is 0. The molecule has 2 aliphatic rings. The van der Waals surface area contributed by atoms with Gasteiger partial charge in [0.25, 0.3) is 0 Å². The fraction of sp³-hybridized carbons (Fsp3) is 0.0119. The minimum atomic E-state index is -1.08. The molecule has 1 spiro atoms. The van der Waals surface area contributed by atoms with E-state index in [-0.39, 0.29) is 0 Å². The first-order valence-electron chi connectivity index (χ1n) is 31.7. The van der Waals surface area contributed by atoms with E-state index >= 15 is 0 Å². The van der Waals surface area contributed by atoms with E-state index in [2.05, 4.69) is 265 Å². The molecule has 0 N–H and O–H groups in total. The number of ether oxygens (including phenoxy) is 1. The lowest BCUT2D eigenvalue weighted by atomic mass is 9.66. The third kappa shape index (κ3) is 6.81. The summed E-state index contributed by atoms with van der Waals surface area (Å²) in [6.07, 6.45) is 7.86. The van der Waals surface area contributed by atoms with Crippen molar-refractivity contribution in [3.05, 3.63) is 313 Å². The Balaban J connectivity index is 0.850. The van der Waals surface area contributed by atoms with Crippen LogP contribution in [0, 0.1) is 22.7 Å². The van der Waals surface area contributed by atoms with Crippen LogP contribution in [0.1, 0.15) is 33.4 Å². The van der Waals surface area contributed by atoms with Crippen LogP contribution in [0.3, 0.4) is 0 Å². The van der Waals surface area contributed by atoms with Crippen molar-refractivity contribution in [1.29, 1.82) is 10.5 Å². The first kappa shape index (κ1) is 51.4. The van der Waals surface area contributed by atoms with Crippen molar-refractivity contribution in [2.75, 3.05) is 0 Å². The van der Waals surface area contributed by atoms with Crippen LogP contribution in [0.5, 0.6) is 11.5 Å². The lowest BCUT2D eigenvalue weighted by molar-refractivity contribution is 0.436. The van der Waals surface area contributed by atoms with Gasteiger partial charge in [0.1, 0.15) is 11.5 Å². The molecule has 0 unspecified atom stereocenters. The summed E-state index contributed by atoms with van der Waals surface area (Å²) in [5.41, 5.74) is 20.6. The van der Waals surface area contributed by atoms with Gasteiger partial charge < -0.3 is 27.6 Å². The topological polar surface area (TPSA) is 120 Å². The van der Waals surface area contributed by atoms with Gasteiger partial charge in [-0.05, 0) is 121 Å². The van der Waals surface area contributed by atoms with E-state index in [9.17, 15) is 10.5 Å². The number of nitriles is 2. The number of fused-ring (bicyclic) bond motifs is 24. The molecule has 0 amide bonds. The minimum Gasteiger partial charge on any atom is -0.457 e. The fourth-order valence-electron chi connectivity index (χ4n) is 16.5. The molecule has 0 fully saturated rings. The molecule has 95 heavy (non-hydrogen) atoms. The molecule has 1 aliphatic carbocycles. The van der Waals surface area contributed by atoms with Gasteiger partial charge in [-0.25, -0.2) is 0 Å². The highest BCUT2D eigenvalue weighted by molar-refractivity contribution is 6.14. The number of rotatable bonds is 5. The molecule has 1 aliphatic heterocycles. The predicted octanol–water partition coefficient (Wildman–Crippen LogP) is 19.6. The average Bonchev–Trinajstić information content (AvgIpc) is 1.56. The molecular weight excluding hydrogens is 1160 g/mol. The van der Waals surface area contributed by atoms with Crippen molar-refractivity contribution in [2.45, 2.75) is 5.41 Å². The Morgan fingerprint density at radius 2 is 0.621 bits per heavy atom. The number of aromatic nitrogens is 8. The molecule has 0 saturated carbocycles. The molecule has 11 nitrogen and oxygen atoms in total. The summed E-state index contributed by atoms with van der Waals surface area (Å²) in [5, 5.41) is 31.1. The number of pyridine rings is 3. The van der Waals surface area contributed by atoms with E-state index in [1.54, 1.807) is 0 Å². The standard InChI is InChI=1S/C84H46N10O/c85-44-49-25-32-76-63(37-49)60-17-5-11-23-74(60)90(76)51-29-34-78-65(39-51)62-35-36-87-48-79(62)92(78)53-28-31-67-81(43-53)95-80-42-52(91-75-24-12-6-18-61(75)64-38-50(45-86)26-33-77(64)91)27-30-66(80)84(67)68-40-54(93-70-19-7-1-13-56(70)57-14-2-8-20-71(57)93)46-88-82(68)83-69(84)41-55(47-89-83)94-72-21-9-3-15-58(72)59-16-4-10-22-73(59)94/h1-43,46-48H. The summed E-state index contributed by atoms with van der Waals surface area (Å²) in [5.74, 6) is 1.35. The second-order valence-electron chi connectivity index (χ2n) is 25.0. The molecule has 11 heteroatoms. The summed E-state index contributed by atoms with van der Waals surface area (Å²) in [6, 6.07) is 94.9. The molecule has 9 heterocycles. The first-order valence-corrected chi connectivity index (χ1v) is 31.7. The number of nitrogens with zero attached hydrogens (tertiary/aromatic N) is 10. The molecule has 19 aromatic rings. The van der Waals surface area contributed by atoms with Crippen molar-refractivity contribution >= 4 is 109 Å². The van der Waals surface area contributed by atoms with Crippen LogP contribution in [-0.4, -0.2) is 37.8 Å². The number of para-hydroxylation sites is 6. The van der Waals surface area contributed by atoms with Crippen molar-refractivity contribution in [3.63, 3.8) is 0 Å². The molecule has 21 rings (SSSR count). The Bertz CT molecular complexity index is 6480. The second kappa shape index (κ2) is 18.9. The predicted molar refractivity (Wildman–Crippen MR) is 378 cm³/mol. The second-order valence-corrected chi connectivity index (χ2v) is 25.0. The monoisotopic (exact) mass is 1210 g/mol. The van der Waals surface area contributed by atoms with Gasteiger partial charge in [0.05, 0.1) is 125 Å². The maximum Gasteiger partial charge on any atom is 0.134 e. The molecule has 438 valence electrons. The largest absolute Gasteiger partial charge is 0.457 e. The van der Waals surface area contributed by atoms with Gasteiger partial charge in [0.15, 0.2) is 0 Å². The zero-order valence-electron chi connectivity index (χ0n) is 50.4.